The fourth-order valence-electron chi connectivity index (χ4n) is 1.63. The minimum Gasteiger partial charge on any atom is -0.505 e. The smallest absolute Gasteiger partial charge is 0.141 e. The molecule has 2 heteroatoms. The zero-order valence-electron chi connectivity index (χ0n) is 7.22. The fraction of sp³-hybridized carbons (Fsp3) is 0.400. The van der Waals surface area contributed by atoms with E-state index in [1.807, 2.05) is 13.0 Å². The lowest BCUT2D eigenvalue weighted by Crippen LogP contribution is -2.11. The summed E-state index contributed by atoms with van der Waals surface area (Å²) in [4.78, 5) is 0. The van der Waals surface area contributed by atoms with E-state index >= 15 is 0 Å². The molecule has 12 heavy (non-hydrogen) atoms. The first-order chi connectivity index (χ1) is 5.79. The maximum Gasteiger partial charge on any atom is 0.141 e. The van der Waals surface area contributed by atoms with Crippen LogP contribution in [-0.4, -0.2) is 11.7 Å². The summed E-state index contributed by atoms with van der Waals surface area (Å²) in [5.74, 6) is 0.423. The molecule has 2 rings (SSSR count). The Kier molecular flexibility index (Phi) is 1.68. The molecule has 64 valence electrons. The molecule has 0 unspecified atom stereocenters. The summed E-state index contributed by atoms with van der Waals surface area (Å²) in [6, 6.07) is 4.07. The second kappa shape index (κ2) is 2.70. The number of rotatable bonds is 0. The summed E-state index contributed by atoms with van der Waals surface area (Å²) in [5.41, 5.74) is 3.13. The molecule has 1 aromatic carbocycles. The lowest BCUT2D eigenvalue weighted by Gasteiger charge is -2.19. The highest BCUT2D eigenvalue weighted by Gasteiger charge is 2.12. The first-order valence-electron chi connectivity index (χ1n) is 4.34. The van der Waals surface area contributed by atoms with E-state index in [4.69, 9.17) is 0 Å². The van der Waals surface area contributed by atoms with Crippen LogP contribution in [-0.2, 0) is 6.42 Å². The number of benzene rings is 1. The Bertz CT molecular complexity index is 307. The van der Waals surface area contributed by atoms with Crippen molar-refractivity contribution < 1.29 is 5.11 Å². The average Bonchev–Trinajstić information content (AvgIpc) is 2.12. The minimum atomic E-state index is 0.423. The van der Waals surface area contributed by atoms with Crippen molar-refractivity contribution in [2.75, 3.05) is 11.9 Å². The van der Waals surface area contributed by atoms with E-state index in [1.54, 1.807) is 0 Å². The second-order valence-electron chi connectivity index (χ2n) is 3.30. The van der Waals surface area contributed by atoms with Crippen LogP contribution in [0, 0.1) is 6.92 Å². The molecule has 0 bridgehead atoms. The van der Waals surface area contributed by atoms with Gasteiger partial charge in [0.05, 0.1) is 5.69 Å². The molecule has 1 aromatic rings. The first kappa shape index (κ1) is 7.47. The lowest BCUT2D eigenvalue weighted by atomic mass is 10.0. The molecule has 0 saturated heterocycles. The lowest BCUT2D eigenvalue weighted by molar-refractivity contribution is 0.471. The third-order valence-electron chi connectivity index (χ3n) is 2.39. The van der Waals surface area contributed by atoms with E-state index in [0.29, 0.717) is 5.75 Å². The van der Waals surface area contributed by atoms with Crippen LogP contribution < -0.4 is 5.32 Å². The van der Waals surface area contributed by atoms with Crippen LogP contribution in [0.5, 0.6) is 5.75 Å². The Labute approximate surface area is 72.2 Å². The molecule has 0 aromatic heterocycles. The SMILES string of the molecule is Cc1ccc2c(c1O)NCCC2. The van der Waals surface area contributed by atoms with Crippen molar-refractivity contribution in [3.05, 3.63) is 23.3 Å². The van der Waals surface area contributed by atoms with Crippen LogP contribution in [0.3, 0.4) is 0 Å². The van der Waals surface area contributed by atoms with Gasteiger partial charge in [-0.25, -0.2) is 0 Å². The van der Waals surface area contributed by atoms with Crippen LogP contribution in [0.2, 0.25) is 0 Å². The van der Waals surface area contributed by atoms with E-state index in [-0.39, 0.29) is 0 Å². The maximum atomic E-state index is 9.68. The van der Waals surface area contributed by atoms with Gasteiger partial charge in [-0.15, -0.1) is 0 Å². The topological polar surface area (TPSA) is 32.3 Å². The number of phenolic OH excluding ortho intramolecular Hbond substituents is 1. The fourth-order valence-corrected chi connectivity index (χ4v) is 1.63. The van der Waals surface area contributed by atoms with Gasteiger partial charge in [0.15, 0.2) is 0 Å². The quantitative estimate of drug-likeness (QED) is 0.574. The Morgan fingerprint density at radius 3 is 3.08 bits per heavy atom. The number of fused-ring (bicyclic) bond motifs is 1. The van der Waals surface area contributed by atoms with E-state index in [2.05, 4.69) is 11.4 Å². The van der Waals surface area contributed by atoms with Crippen molar-refractivity contribution in [3.8, 4) is 5.75 Å². The highest BCUT2D eigenvalue weighted by atomic mass is 16.3. The zero-order valence-corrected chi connectivity index (χ0v) is 7.22. The van der Waals surface area contributed by atoms with E-state index in [0.717, 1.165) is 30.6 Å². The third kappa shape index (κ3) is 1.04. The van der Waals surface area contributed by atoms with Gasteiger partial charge < -0.3 is 10.4 Å². The number of hydrogen-bond donors (Lipinski definition) is 2. The molecule has 0 saturated carbocycles. The minimum absolute atomic E-state index is 0.423. The van der Waals surface area contributed by atoms with Crippen LogP contribution >= 0.6 is 0 Å². The van der Waals surface area contributed by atoms with Crippen molar-refractivity contribution in [1.82, 2.24) is 0 Å². The molecule has 0 aliphatic carbocycles. The van der Waals surface area contributed by atoms with Crippen molar-refractivity contribution in [2.24, 2.45) is 0 Å². The second-order valence-corrected chi connectivity index (χ2v) is 3.30. The van der Waals surface area contributed by atoms with Crippen molar-refractivity contribution in [2.45, 2.75) is 19.8 Å². The summed E-state index contributed by atoms with van der Waals surface area (Å²) in [6.45, 7) is 2.90. The third-order valence-corrected chi connectivity index (χ3v) is 2.39. The molecule has 2 nitrogen and oxygen atoms in total. The van der Waals surface area contributed by atoms with Crippen molar-refractivity contribution in [1.29, 1.82) is 0 Å². The molecule has 0 atom stereocenters. The number of hydrogen-bond acceptors (Lipinski definition) is 2. The van der Waals surface area contributed by atoms with Crippen molar-refractivity contribution in [3.63, 3.8) is 0 Å². The molecule has 0 fully saturated rings. The van der Waals surface area contributed by atoms with Gasteiger partial charge in [0.1, 0.15) is 5.75 Å². The maximum absolute atomic E-state index is 9.68. The molecule has 0 radical (unpaired) electrons. The van der Waals surface area contributed by atoms with Crippen LogP contribution in [0.15, 0.2) is 12.1 Å². The number of phenols is 1. The number of nitrogens with one attached hydrogen (secondary N) is 1. The monoisotopic (exact) mass is 163 g/mol. The van der Waals surface area contributed by atoms with Gasteiger partial charge >= 0.3 is 0 Å². The van der Waals surface area contributed by atoms with Gasteiger partial charge in [0, 0.05) is 6.54 Å². The standard InChI is InChI=1S/C10H13NO/c1-7-4-5-8-3-2-6-11-9(8)10(7)12/h4-5,11-12H,2-3,6H2,1H3. The number of aryl methyl sites for hydroxylation is 2. The Hall–Kier alpha value is -1.18. The molecular weight excluding hydrogens is 150 g/mol. The summed E-state index contributed by atoms with van der Waals surface area (Å²) < 4.78 is 0. The van der Waals surface area contributed by atoms with Gasteiger partial charge in [0.25, 0.3) is 0 Å². The van der Waals surface area contributed by atoms with Crippen LogP contribution in [0.1, 0.15) is 17.5 Å². The van der Waals surface area contributed by atoms with Crippen LogP contribution in [0.25, 0.3) is 0 Å². The van der Waals surface area contributed by atoms with Gasteiger partial charge in [-0.2, -0.15) is 0 Å². The normalized spacial score (nSPS) is 15.1. The van der Waals surface area contributed by atoms with Crippen molar-refractivity contribution >= 4 is 5.69 Å². The average molecular weight is 163 g/mol. The summed E-state index contributed by atoms with van der Waals surface area (Å²) >= 11 is 0. The molecule has 0 spiro atoms. The Balaban J connectivity index is 2.54. The summed E-state index contributed by atoms with van der Waals surface area (Å²) in [5, 5.41) is 12.9. The molecule has 1 aliphatic rings. The van der Waals surface area contributed by atoms with E-state index in [9.17, 15) is 5.11 Å². The van der Waals surface area contributed by atoms with Crippen LogP contribution in [0.4, 0.5) is 5.69 Å². The Morgan fingerprint density at radius 2 is 2.25 bits per heavy atom. The van der Waals surface area contributed by atoms with E-state index < -0.39 is 0 Å². The summed E-state index contributed by atoms with van der Waals surface area (Å²) in [7, 11) is 0. The molecule has 1 aliphatic heterocycles. The highest BCUT2D eigenvalue weighted by Crippen LogP contribution is 2.33. The molecule has 1 heterocycles. The Morgan fingerprint density at radius 1 is 1.42 bits per heavy atom. The van der Waals surface area contributed by atoms with E-state index in [1.165, 1.54) is 5.56 Å². The highest BCUT2D eigenvalue weighted by molar-refractivity contribution is 5.65. The van der Waals surface area contributed by atoms with Gasteiger partial charge in [-0.05, 0) is 30.9 Å². The van der Waals surface area contributed by atoms with Gasteiger partial charge in [0.2, 0.25) is 0 Å². The summed E-state index contributed by atoms with van der Waals surface area (Å²) in [6.07, 6.45) is 2.24. The molecular formula is C10H13NO. The zero-order chi connectivity index (χ0) is 8.55. The number of anilines is 1. The number of aromatic hydroxyl groups is 1. The molecule has 2 N–H and O–H groups in total. The largest absolute Gasteiger partial charge is 0.505 e. The van der Waals surface area contributed by atoms with Gasteiger partial charge in [-0.3, -0.25) is 0 Å². The molecule has 0 amide bonds. The van der Waals surface area contributed by atoms with Gasteiger partial charge in [-0.1, -0.05) is 12.1 Å². The first-order valence-corrected chi connectivity index (χ1v) is 4.34. The predicted octanol–water partition coefficient (Wildman–Crippen LogP) is 2.06. The predicted molar refractivity (Wildman–Crippen MR) is 49.7 cm³/mol.